The van der Waals surface area contributed by atoms with Crippen LogP contribution in [0.2, 0.25) is 0 Å². The highest BCUT2D eigenvalue weighted by Crippen LogP contribution is 2.11. The van der Waals surface area contributed by atoms with Crippen LogP contribution in [0.25, 0.3) is 0 Å². The Morgan fingerprint density at radius 1 is 0.889 bits per heavy atom. The normalized spacial score (nSPS) is 10.4. The Morgan fingerprint density at radius 2 is 1.63 bits per heavy atom. The summed E-state index contributed by atoms with van der Waals surface area (Å²) in [6, 6.07) is 25.0. The van der Waals surface area contributed by atoms with Crippen LogP contribution in [0.5, 0.6) is 0 Å². The number of aryl methyl sites for hydroxylation is 1. The molecule has 0 aliphatic rings. The Labute approximate surface area is 167 Å². The van der Waals surface area contributed by atoms with Gasteiger partial charge in [-0.15, -0.1) is 0 Å². The van der Waals surface area contributed by atoms with Crippen LogP contribution in [-0.2, 0) is 19.5 Å². The molecule has 1 heterocycles. The Balaban J connectivity index is 1.64. The molecule has 0 aliphatic heterocycles. The number of rotatable bonds is 7. The molecule has 0 bridgehead atoms. The molecule has 3 aromatic rings. The van der Waals surface area contributed by atoms with Crippen molar-refractivity contribution in [2.75, 3.05) is 6.54 Å². The van der Waals surface area contributed by atoms with E-state index >= 15 is 0 Å². The second-order valence-electron chi connectivity index (χ2n) is 6.63. The maximum Gasteiger partial charge on any atom is 0.169 e. The van der Waals surface area contributed by atoms with Gasteiger partial charge >= 0.3 is 0 Å². The van der Waals surface area contributed by atoms with Crippen molar-refractivity contribution >= 4 is 17.3 Å². The monoisotopic (exact) mass is 375 g/mol. The number of nitrogens with one attached hydrogen (secondary N) is 1. The fourth-order valence-corrected chi connectivity index (χ4v) is 3.10. The van der Waals surface area contributed by atoms with Gasteiger partial charge in [-0.1, -0.05) is 66.2 Å². The average Bonchev–Trinajstić information content (AvgIpc) is 2.70. The van der Waals surface area contributed by atoms with Gasteiger partial charge in [0.25, 0.3) is 0 Å². The summed E-state index contributed by atoms with van der Waals surface area (Å²) in [5.74, 6) is 0. The van der Waals surface area contributed by atoms with Gasteiger partial charge < -0.3 is 10.2 Å². The topological polar surface area (TPSA) is 28.2 Å². The Kier molecular flexibility index (Phi) is 6.94. The molecule has 1 N–H and O–H groups in total. The lowest BCUT2D eigenvalue weighted by molar-refractivity contribution is 0.394. The third-order valence-corrected chi connectivity index (χ3v) is 4.80. The van der Waals surface area contributed by atoms with Crippen LogP contribution in [0.1, 0.15) is 22.4 Å². The Hall–Kier alpha value is -2.72. The first-order valence-electron chi connectivity index (χ1n) is 9.23. The first-order valence-corrected chi connectivity index (χ1v) is 9.64. The third kappa shape index (κ3) is 6.19. The lowest BCUT2D eigenvalue weighted by Crippen LogP contribution is -2.39. The minimum Gasteiger partial charge on any atom is -0.362 e. The van der Waals surface area contributed by atoms with Crippen molar-refractivity contribution in [3.63, 3.8) is 0 Å². The standard InChI is InChI=1S/C23H25N3S/c1-19-10-12-21(13-11-19)17-26(18-22-9-5-6-15-24-22)23(27)25-16-14-20-7-3-2-4-8-20/h2-13,15H,14,16-18H2,1H3,(H,25,27). The average molecular weight is 376 g/mol. The van der Waals surface area contributed by atoms with E-state index in [4.69, 9.17) is 12.2 Å². The molecule has 3 nitrogen and oxygen atoms in total. The molecule has 0 saturated carbocycles. The van der Waals surface area contributed by atoms with Gasteiger partial charge in [0.2, 0.25) is 0 Å². The summed E-state index contributed by atoms with van der Waals surface area (Å²) < 4.78 is 0. The summed E-state index contributed by atoms with van der Waals surface area (Å²) in [6.07, 6.45) is 2.77. The second-order valence-corrected chi connectivity index (χ2v) is 7.02. The minimum absolute atomic E-state index is 0.686. The van der Waals surface area contributed by atoms with Crippen LogP contribution in [0.3, 0.4) is 0 Å². The summed E-state index contributed by atoms with van der Waals surface area (Å²) in [6.45, 7) is 4.36. The van der Waals surface area contributed by atoms with Crippen molar-refractivity contribution in [1.82, 2.24) is 15.2 Å². The summed E-state index contributed by atoms with van der Waals surface area (Å²) in [7, 11) is 0. The number of pyridine rings is 1. The van der Waals surface area contributed by atoms with Crippen molar-refractivity contribution in [2.24, 2.45) is 0 Å². The lowest BCUT2D eigenvalue weighted by atomic mass is 10.1. The predicted molar refractivity (Wildman–Crippen MR) is 115 cm³/mol. The molecule has 0 aliphatic carbocycles. The van der Waals surface area contributed by atoms with Gasteiger partial charge in [0.15, 0.2) is 5.11 Å². The quantitative estimate of drug-likeness (QED) is 0.615. The fourth-order valence-electron chi connectivity index (χ4n) is 2.87. The van der Waals surface area contributed by atoms with E-state index in [1.165, 1.54) is 16.7 Å². The molecule has 4 heteroatoms. The molecule has 0 amide bonds. The van der Waals surface area contributed by atoms with Crippen molar-refractivity contribution in [3.05, 3.63) is 101 Å². The molecule has 138 valence electrons. The van der Waals surface area contributed by atoms with Gasteiger partial charge in [-0.3, -0.25) is 4.98 Å². The summed E-state index contributed by atoms with van der Waals surface area (Å²) >= 11 is 5.70. The summed E-state index contributed by atoms with van der Waals surface area (Å²) in [5, 5.41) is 4.17. The number of nitrogens with zero attached hydrogens (tertiary/aromatic N) is 2. The van der Waals surface area contributed by atoms with E-state index in [2.05, 4.69) is 70.7 Å². The summed E-state index contributed by atoms with van der Waals surface area (Å²) in [5.41, 5.74) is 4.82. The minimum atomic E-state index is 0.686. The molecule has 0 atom stereocenters. The number of thiocarbonyl (C=S) groups is 1. The molecule has 27 heavy (non-hydrogen) atoms. The van der Waals surface area contributed by atoms with E-state index in [9.17, 15) is 0 Å². The zero-order valence-corrected chi connectivity index (χ0v) is 16.5. The zero-order valence-electron chi connectivity index (χ0n) is 15.6. The highest BCUT2D eigenvalue weighted by molar-refractivity contribution is 7.80. The molecule has 0 saturated heterocycles. The van der Waals surface area contributed by atoms with Crippen LogP contribution in [0.15, 0.2) is 79.0 Å². The largest absolute Gasteiger partial charge is 0.362 e. The van der Waals surface area contributed by atoms with Gasteiger partial charge in [0, 0.05) is 19.3 Å². The van der Waals surface area contributed by atoms with Gasteiger partial charge in [0.05, 0.1) is 12.2 Å². The van der Waals surface area contributed by atoms with E-state index in [0.29, 0.717) is 6.54 Å². The highest BCUT2D eigenvalue weighted by atomic mass is 32.1. The number of aromatic nitrogens is 1. The van der Waals surface area contributed by atoms with Crippen molar-refractivity contribution < 1.29 is 0 Å². The zero-order chi connectivity index (χ0) is 18.9. The maximum absolute atomic E-state index is 5.70. The first-order chi connectivity index (χ1) is 13.2. The molecule has 3 rings (SSSR count). The van der Waals surface area contributed by atoms with Crippen molar-refractivity contribution in [1.29, 1.82) is 0 Å². The van der Waals surface area contributed by atoms with Crippen LogP contribution in [0, 0.1) is 6.92 Å². The molecule has 0 radical (unpaired) electrons. The number of benzene rings is 2. The molecule has 0 unspecified atom stereocenters. The van der Waals surface area contributed by atoms with E-state index in [0.717, 1.165) is 30.3 Å². The molecule has 0 fully saturated rings. The fraction of sp³-hybridized carbons (Fsp3) is 0.217. The van der Waals surface area contributed by atoms with Crippen molar-refractivity contribution in [3.8, 4) is 0 Å². The third-order valence-electron chi connectivity index (χ3n) is 4.39. The lowest BCUT2D eigenvalue weighted by Gasteiger charge is -2.26. The Bertz CT molecular complexity index is 833. The van der Waals surface area contributed by atoms with E-state index in [-0.39, 0.29) is 0 Å². The Morgan fingerprint density at radius 3 is 2.33 bits per heavy atom. The van der Waals surface area contributed by atoms with E-state index in [1.807, 2.05) is 30.5 Å². The SMILES string of the molecule is Cc1ccc(CN(Cc2ccccn2)C(=S)NCCc2ccccc2)cc1. The van der Waals surface area contributed by atoms with Crippen LogP contribution < -0.4 is 5.32 Å². The first kappa shape index (κ1) is 19.1. The molecule has 1 aromatic heterocycles. The number of hydrogen-bond acceptors (Lipinski definition) is 2. The molecular formula is C23H25N3S. The molecule has 2 aromatic carbocycles. The number of hydrogen-bond donors (Lipinski definition) is 1. The molecule has 0 spiro atoms. The maximum atomic E-state index is 5.70. The van der Waals surface area contributed by atoms with Crippen LogP contribution in [0.4, 0.5) is 0 Å². The van der Waals surface area contributed by atoms with Gasteiger partial charge in [-0.2, -0.15) is 0 Å². The van der Waals surface area contributed by atoms with Gasteiger partial charge in [0.1, 0.15) is 0 Å². The van der Waals surface area contributed by atoms with Gasteiger partial charge in [-0.25, -0.2) is 0 Å². The summed E-state index contributed by atoms with van der Waals surface area (Å²) in [4.78, 5) is 6.63. The van der Waals surface area contributed by atoms with Crippen molar-refractivity contribution in [2.45, 2.75) is 26.4 Å². The second kappa shape index (κ2) is 9.83. The van der Waals surface area contributed by atoms with E-state index in [1.54, 1.807) is 0 Å². The smallest absolute Gasteiger partial charge is 0.169 e. The highest BCUT2D eigenvalue weighted by Gasteiger charge is 2.12. The van der Waals surface area contributed by atoms with E-state index < -0.39 is 0 Å². The van der Waals surface area contributed by atoms with Crippen LogP contribution in [-0.4, -0.2) is 21.5 Å². The predicted octanol–water partition coefficient (Wildman–Crippen LogP) is 4.51. The molecular weight excluding hydrogens is 350 g/mol. The van der Waals surface area contributed by atoms with Crippen LogP contribution >= 0.6 is 12.2 Å². The van der Waals surface area contributed by atoms with Gasteiger partial charge in [-0.05, 0) is 48.8 Å².